The fourth-order valence-corrected chi connectivity index (χ4v) is 2.32. The molecule has 0 amide bonds. The summed E-state index contributed by atoms with van der Waals surface area (Å²) in [6.07, 6.45) is 4.18. The summed E-state index contributed by atoms with van der Waals surface area (Å²) < 4.78 is 1.04. The van der Waals surface area contributed by atoms with Crippen LogP contribution in [0, 0.1) is 0 Å². The van der Waals surface area contributed by atoms with Gasteiger partial charge in [-0.05, 0) is 24.1 Å². The van der Waals surface area contributed by atoms with Gasteiger partial charge in [-0.25, -0.2) is 4.68 Å². The second-order valence-electron chi connectivity index (χ2n) is 5.26. The van der Waals surface area contributed by atoms with Crippen LogP contribution >= 0.6 is 0 Å². The molecule has 8 nitrogen and oxygen atoms in total. The summed E-state index contributed by atoms with van der Waals surface area (Å²) in [4.78, 5) is 27.9. The predicted octanol–water partition coefficient (Wildman–Crippen LogP) is -1.05. The third-order valence-corrected chi connectivity index (χ3v) is 3.60. The largest absolute Gasteiger partial charge is 0.396 e. The maximum absolute atomic E-state index is 12.2. The number of carbonyl (C=O) groups excluding carboxylic acids is 1. The molecule has 3 heterocycles. The maximum atomic E-state index is 12.2. The molecule has 8 heteroatoms. The molecule has 0 spiro atoms. The van der Waals surface area contributed by atoms with Gasteiger partial charge in [0.15, 0.2) is 11.6 Å². The molecule has 1 aliphatic rings. The zero-order chi connectivity index (χ0) is 15.7. The average Bonchev–Trinajstić information content (AvgIpc) is 3.25. The van der Waals surface area contributed by atoms with Crippen molar-refractivity contribution in [2.75, 3.05) is 11.5 Å². The Balaban J connectivity index is 1.62. The molecule has 0 aliphatic carbocycles. The Morgan fingerprint density at radius 3 is 2.77 bits per heavy atom. The standard InChI is InChI=1S/C14H16N6O2/c15-9-6-12(22)20(19-14(9)16)7-11(21)13-10(18-13)5-8-1-3-17-4-2-8/h1-4,6,10,13,18H,5,7,15H2,(H2,16,19). The van der Waals surface area contributed by atoms with Crippen LogP contribution in [0.15, 0.2) is 35.4 Å². The number of pyridine rings is 1. The third-order valence-electron chi connectivity index (χ3n) is 3.60. The van der Waals surface area contributed by atoms with Crippen LogP contribution in [0.2, 0.25) is 0 Å². The van der Waals surface area contributed by atoms with Crippen LogP contribution < -0.4 is 22.3 Å². The van der Waals surface area contributed by atoms with Crippen molar-refractivity contribution in [1.29, 1.82) is 0 Å². The minimum atomic E-state index is -0.439. The summed E-state index contributed by atoms with van der Waals surface area (Å²) in [5.41, 5.74) is 11.8. The number of anilines is 2. The first-order valence-corrected chi connectivity index (χ1v) is 6.85. The van der Waals surface area contributed by atoms with E-state index >= 15 is 0 Å². The number of nitrogen functional groups attached to an aromatic ring is 2. The molecule has 3 rings (SSSR count). The maximum Gasteiger partial charge on any atom is 0.269 e. The molecule has 2 aromatic rings. The lowest BCUT2D eigenvalue weighted by atomic mass is 10.1. The second-order valence-corrected chi connectivity index (χ2v) is 5.26. The lowest BCUT2D eigenvalue weighted by molar-refractivity contribution is -0.119. The van der Waals surface area contributed by atoms with Gasteiger partial charge in [0.1, 0.15) is 6.54 Å². The number of ketones is 1. The summed E-state index contributed by atoms with van der Waals surface area (Å²) in [5, 5.41) is 6.95. The number of hydrogen-bond donors (Lipinski definition) is 3. The first-order chi connectivity index (χ1) is 10.5. The summed E-state index contributed by atoms with van der Waals surface area (Å²) >= 11 is 0. The van der Waals surface area contributed by atoms with E-state index in [1.165, 1.54) is 6.07 Å². The molecule has 114 valence electrons. The molecule has 22 heavy (non-hydrogen) atoms. The van der Waals surface area contributed by atoms with Crippen LogP contribution in [0.4, 0.5) is 11.5 Å². The van der Waals surface area contributed by atoms with Crippen LogP contribution in [-0.4, -0.2) is 32.6 Å². The van der Waals surface area contributed by atoms with Gasteiger partial charge in [-0.2, -0.15) is 0 Å². The van der Waals surface area contributed by atoms with Gasteiger partial charge in [-0.1, -0.05) is 0 Å². The quantitative estimate of drug-likeness (QED) is 0.599. The number of Topliss-reactive ketones (excluding diaryl/α,β-unsaturated/α-hetero) is 1. The molecule has 0 bridgehead atoms. The number of aromatic nitrogens is 3. The van der Waals surface area contributed by atoms with Crippen molar-refractivity contribution < 1.29 is 4.79 Å². The molecule has 1 fully saturated rings. The third kappa shape index (κ3) is 2.96. The molecule has 1 saturated heterocycles. The van der Waals surface area contributed by atoms with E-state index < -0.39 is 5.56 Å². The molecule has 1 aliphatic heterocycles. The van der Waals surface area contributed by atoms with Crippen LogP contribution in [0.3, 0.4) is 0 Å². The van der Waals surface area contributed by atoms with Crippen molar-refractivity contribution in [2.24, 2.45) is 0 Å². The van der Waals surface area contributed by atoms with Gasteiger partial charge < -0.3 is 16.8 Å². The average molecular weight is 300 g/mol. The Morgan fingerprint density at radius 2 is 2.05 bits per heavy atom. The lowest BCUT2D eigenvalue weighted by Gasteiger charge is -2.05. The molecule has 0 radical (unpaired) electrons. The zero-order valence-corrected chi connectivity index (χ0v) is 11.8. The van der Waals surface area contributed by atoms with Gasteiger partial charge in [-0.3, -0.25) is 14.6 Å². The van der Waals surface area contributed by atoms with E-state index in [0.29, 0.717) is 0 Å². The van der Waals surface area contributed by atoms with Gasteiger partial charge in [0.25, 0.3) is 5.56 Å². The fraction of sp³-hybridized carbons (Fsp3) is 0.286. The monoisotopic (exact) mass is 300 g/mol. The highest BCUT2D eigenvalue weighted by Gasteiger charge is 2.41. The number of nitrogens with two attached hydrogens (primary N) is 2. The summed E-state index contributed by atoms with van der Waals surface area (Å²) in [6, 6.07) is 4.81. The SMILES string of the molecule is Nc1cc(=O)n(CC(=O)C2NC2Cc2ccncc2)nc1N. The van der Waals surface area contributed by atoms with Crippen molar-refractivity contribution in [2.45, 2.75) is 25.0 Å². The van der Waals surface area contributed by atoms with Crippen molar-refractivity contribution in [3.63, 3.8) is 0 Å². The number of carbonyl (C=O) groups is 1. The van der Waals surface area contributed by atoms with Gasteiger partial charge in [0.2, 0.25) is 0 Å². The Kier molecular flexibility index (Phi) is 3.60. The van der Waals surface area contributed by atoms with Gasteiger partial charge in [0, 0.05) is 24.5 Å². The molecule has 2 atom stereocenters. The van der Waals surface area contributed by atoms with Crippen molar-refractivity contribution in [3.8, 4) is 0 Å². The highest BCUT2D eigenvalue weighted by molar-refractivity contribution is 5.87. The molecule has 5 N–H and O–H groups in total. The van der Waals surface area contributed by atoms with Crippen LogP contribution in [-0.2, 0) is 17.8 Å². The Morgan fingerprint density at radius 1 is 1.32 bits per heavy atom. The number of nitrogens with one attached hydrogen (secondary N) is 1. The smallest absolute Gasteiger partial charge is 0.269 e. The van der Waals surface area contributed by atoms with Crippen LogP contribution in [0.5, 0.6) is 0 Å². The topological polar surface area (TPSA) is 139 Å². The van der Waals surface area contributed by atoms with E-state index in [0.717, 1.165) is 16.7 Å². The van der Waals surface area contributed by atoms with Crippen molar-refractivity contribution in [1.82, 2.24) is 20.1 Å². The normalized spacial score (nSPS) is 19.8. The number of nitrogens with zero attached hydrogens (tertiary/aromatic N) is 3. The lowest BCUT2D eigenvalue weighted by Crippen LogP contribution is -2.30. The molecular weight excluding hydrogens is 284 g/mol. The van der Waals surface area contributed by atoms with E-state index in [9.17, 15) is 9.59 Å². The molecule has 2 aromatic heterocycles. The van der Waals surface area contributed by atoms with E-state index in [-0.39, 0.29) is 35.9 Å². The van der Waals surface area contributed by atoms with Crippen molar-refractivity contribution in [3.05, 3.63) is 46.5 Å². The molecule has 2 unspecified atom stereocenters. The van der Waals surface area contributed by atoms with Crippen molar-refractivity contribution >= 4 is 17.3 Å². The van der Waals surface area contributed by atoms with Gasteiger partial charge >= 0.3 is 0 Å². The first kappa shape index (κ1) is 14.2. The minimum Gasteiger partial charge on any atom is -0.396 e. The molecule has 0 aromatic carbocycles. The number of rotatable bonds is 5. The second kappa shape index (κ2) is 5.57. The summed E-state index contributed by atoms with van der Waals surface area (Å²) in [5.74, 6) is -0.0534. The number of hydrogen-bond acceptors (Lipinski definition) is 7. The Hall–Kier alpha value is -2.74. The van der Waals surface area contributed by atoms with E-state index in [1.807, 2.05) is 12.1 Å². The predicted molar refractivity (Wildman–Crippen MR) is 81.0 cm³/mol. The minimum absolute atomic E-state index is 0.0458. The van der Waals surface area contributed by atoms with E-state index in [1.54, 1.807) is 12.4 Å². The molecule has 0 saturated carbocycles. The fourth-order valence-electron chi connectivity index (χ4n) is 2.32. The zero-order valence-electron chi connectivity index (χ0n) is 11.8. The van der Waals surface area contributed by atoms with Gasteiger partial charge in [0.05, 0.1) is 11.7 Å². The Bertz CT molecular complexity index is 758. The van der Waals surface area contributed by atoms with E-state index in [4.69, 9.17) is 11.5 Å². The highest BCUT2D eigenvalue weighted by atomic mass is 16.1. The highest BCUT2D eigenvalue weighted by Crippen LogP contribution is 2.18. The van der Waals surface area contributed by atoms with Crippen LogP contribution in [0.1, 0.15) is 5.56 Å². The van der Waals surface area contributed by atoms with Crippen LogP contribution in [0.25, 0.3) is 0 Å². The Labute approximate surface area is 126 Å². The summed E-state index contributed by atoms with van der Waals surface area (Å²) in [7, 11) is 0. The first-order valence-electron chi connectivity index (χ1n) is 6.85. The van der Waals surface area contributed by atoms with E-state index in [2.05, 4.69) is 15.4 Å². The van der Waals surface area contributed by atoms with Gasteiger partial charge in [-0.15, -0.1) is 5.10 Å². The molecular formula is C14H16N6O2. The summed E-state index contributed by atoms with van der Waals surface area (Å²) in [6.45, 7) is -0.117.